The van der Waals surface area contributed by atoms with Gasteiger partial charge >= 0.3 is 5.97 Å². The molecule has 1 aromatic heterocycles. The average Bonchev–Trinajstić information content (AvgIpc) is 2.63. The SMILES string of the molecule is COc1cccc2c(/C=C(\C)C(=O)O)c(Cl)n(C)c12. The predicted octanol–water partition coefficient (Wildman–Crippen LogP) is 3.33. The monoisotopic (exact) mass is 279 g/mol. The maximum Gasteiger partial charge on any atom is 0.331 e. The molecule has 2 rings (SSSR count). The van der Waals surface area contributed by atoms with Crippen LogP contribution in [0.25, 0.3) is 17.0 Å². The minimum absolute atomic E-state index is 0.234. The summed E-state index contributed by atoms with van der Waals surface area (Å²) in [4.78, 5) is 10.9. The Morgan fingerprint density at radius 3 is 2.74 bits per heavy atom. The van der Waals surface area contributed by atoms with E-state index in [1.54, 1.807) is 17.8 Å². The molecule has 0 bridgehead atoms. The molecule has 0 spiro atoms. The lowest BCUT2D eigenvalue weighted by Crippen LogP contribution is -1.95. The van der Waals surface area contributed by atoms with Crippen LogP contribution in [0.4, 0.5) is 0 Å². The van der Waals surface area contributed by atoms with Crippen molar-refractivity contribution in [2.45, 2.75) is 6.92 Å². The van der Waals surface area contributed by atoms with Crippen molar-refractivity contribution in [2.75, 3.05) is 7.11 Å². The molecule has 1 heterocycles. The maximum atomic E-state index is 10.9. The molecule has 0 aliphatic rings. The summed E-state index contributed by atoms with van der Waals surface area (Å²) in [6.45, 7) is 1.54. The number of rotatable bonds is 3. The van der Waals surface area contributed by atoms with Crippen LogP contribution < -0.4 is 4.74 Å². The van der Waals surface area contributed by atoms with Gasteiger partial charge in [0, 0.05) is 23.6 Å². The van der Waals surface area contributed by atoms with E-state index >= 15 is 0 Å². The van der Waals surface area contributed by atoms with Gasteiger partial charge in [-0.25, -0.2) is 4.79 Å². The summed E-state index contributed by atoms with van der Waals surface area (Å²) >= 11 is 6.28. The fraction of sp³-hybridized carbons (Fsp3) is 0.214. The number of aromatic nitrogens is 1. The quantitative estimate of drug-likeness (QED) is 0.877. The number of carboxylic acid groups (broad SMARTS) is 1. The first-order valence-electron chi connectivity index (χ1n) is 5.69. The normalized spacial score (nSPS) is 11.9. The smallest absolute Gasteiger partial charge is 0.331 e. The van der Waals surface area contributed by atoms with Gasteiger partial charge in [-0.05, 0) is 19.1 Å². The third-order valence-corrected chi connectivity index (χ3v) is 3.52. The van der Waals surface area contributed by atoms with E-state index in [2.05, 4.69) is 0 Å². The number of para-hydroxylation sites is 1. The molecule has 1 aromatic carbocycles. The van der Waals surface area contributed by atoms with Crippen LogP contribution in [-0.4, -0.2) is 22.8 Å². The van der Waals surface area contributed by atoms with Gasteiger partial charge in [0.15, 0.2) is 0 Å². The minimum atomic E-state index is -0.962. The van der Waals surface area contributed by atoms with Crippen LogP contribution in [0.2, 0.25) is 5.15 Å². The number of aliphatic carboxylic acids is 1. The molecule has 19 heavy (non-hydrogen) atoms. The van der Waals surface area contributed by atoms with Crippen LogP contribution in [0, 0.1) is 0 Å². The minimum Gasteiger partial charge on any atom is -0.495 e. The predicted molar refractivity (Wildman–Crippen MR) is 75.8 cm³/mol. The Labute approximate surface area is 115 Å². The molecule has 0 aliphatic heterocycles. The summed E-state index contributed by atoms with van der Waals surface area (Å²) in [6, 6.07) is 5.59. The Hall–Kier alpha value is -1.94. The number of hydrogen-bond acceptors (Lipinski definition) is 2. The van der Waals surface area contributed by atoms with E-state index in [-0.39, 0.29) is 5.57 Å². The van der Waals surface area contributed by atoms with Crippen LogP contribution in [0.5, 0.6) is 5.75 Å². The molecular formula is C14H14ClNO3. The van der Waals surface area contributed by atoms with E-state index < -0.39 is 5.97 Å². The van der Waals surface area contributed by atoms with Gasteiger partial charge in [0.2, 0.25) is 0 Å². The number of hydrogen-bond donors (Lipinski definition) is 1. The zero-order valence-electron chi connectivity index (χ0n) is 10.9. The van der Waals surface area contributed by atoms with Gasteiger partial charge in [-0.2, -0.15) is 0 Å². The fourth-order valence-corrected chi connectivity index (χ4v) is 2.30. The Bertz CT molecular complexity index is 686. The zero-order valence-corrected chi connectivity index (χ0v) is 11.7. The number of ether oxygens (including phenoxy) is 1. The summed E-state index contributed by atoms with van der Waals surface area (Å²) in [6.07, 6.45) is 1.58. The number of methoxy groups -OCH3 is 1. The van der Waals surface area contributed by atoms with Crippen LogP contribution in [-0.2, 0) is 11.8 Å². The maximum absolute atomic E-state index is 10.9. The van der Waals surface area contributed by atoms with Crippen LogP contribution in [0.3, 0.4) is 0 Å². The number of fused-ring (bicyclic) bond motifs is 1. The van der Waals surface area contributed by atoms with Crippen molar-refractivity contribution in [2.24, 2.45) is 7.05 Å². The van der Waals surface area contributed by atoms with Crippen LogP contribution in [0.1, 0.15) is 12.5 Å². The molecule has 0 saturated carbocycles. The third kappa shape index (κ3) is 2.19. The highest BCUT2D eigenvalue weighted by Crippen LogP contribution is 2.35. The standard InChI is InChI=1S/C14H14ClNO3/c1-8(14(17)18)7-10-9-5-4-6-11(19-3)12(9)16(2)13(10)15/h4-7H,1-3H3,(H,17,18)/b8-7+. The van der Waals surface area contributed by atoms with Gasteiger partial charge in [0.05, 0.1) is 12.6 Å². The Morgan fingerprint density at radius 1 is 1.47 bits per heavy atom. The summed E-state index contributed by atoms with van der Waals surface area (Å²) in [5.41, 5.74) is 1.77. The van der Waals surface area contributed by atoms with Gasteiger partial charge < -0.3 is 14.4 Å². The van der Waals surface area contributed by atoms with Gasteiger partial charge in [0.25, 0.3) is 0 Å². The van der Waals surface area contributed by atoms with Crippen LogP contribution >= 0.6 is 11.6 Å². The molecule has 0 atom stereocenters. The molecular weight excluding hydrogens is 266 g/mol. The van der Waals surface area contributed by atoms with Crippen molar-refractivity contribution in [3.05, 3.63) is 34.5 Å². The second kappa shape index (κ2) is 4.97. The van der Waals surface area contributed by atoms with E-state index in [1.807, 2.05) is 25.2 Å². The summed E-state index contributed by atoms with van der Waals surface area (Å²) < 4.78 is 7.10. The van der Waals surface area contributed by atoms with E-state index in [9.17, 15) is 4.79 Å². The van der Waals surface area contributed by atoms with Gasteiger partial charge in [0.1, 0.15) is 10.9 Å². The Morgan fingerprint density at radius 2 is 2.16 bits per heavy atom. The molecule has 0 amide bonds. The molecule has 0 fully saturated rings. The molecule has 5 heteroatoms. The van der Waals surface area contributed by atoms with Crippen molar-refractivity contribution < 1.29 is 14.6 Å². The average molecular weight is 280 g/mol. The number of nitrogens with zero attached hydrogens (tertiary/aromatic N) is 1. The van der Waals surface area contributed by atoms with Crippen molar-refractivity contribution in [3.63, 3.8) is 0 Å². The number of carboxylic acids is 1. The molecule has 4 nitrogen and oxygen atoms in total. The molecule has 1 N–H and O–H groups in total. The molecule has 0 aliphatic carbocycles. The van der Waals surface area contributed by atoms with Gasteiger partial charge in [-0.3, -0.25) is 0 Å². The van der Waals surface area contributed by atoms with E-state index in [0.717, 1.165) is 10.9 Å². The summed E-state index contributed by atoms with van der Waals surface area (Å²) in [5.74, 6) is -0.259. The highest BCUT2D eigenvalue weighted by molar-refractivity contribution is 6.33. The number of halogens is 1. The van der Waals surface area contributed by atoms with Gasteiger partial charge in [-0.1, -0.05) is 23.7 Å². The second-order valence-corrected chi connectivity index (χ2v) is 4.61. The lowest BCUT2D eigenvalue weighted by Gasteiger charge is -2.04. The first kappa shape index (κ1) is 13.5. The zero-order chi connectivity index (χ0) is 14.2. The van der Waals surface area contributed by atoms with Crippen molar-refractivity contribution in [1.29, 1.82) is 0 Å². The molecule has 0 saturated heterocycles. The van der Waals surface area contributed by atoms with E-state index in [0.29, 0.717) is 16.5 Å². The third-order valence-electron chi connectivity index (χ3n) is 3.06. The first-order chi connectivity index (χ1) is 8.97. The lowest BCUT2D eigenvalue weighted by molar-refractivity contribution is -0.132. The number of carbonyl (C=O) groups is 1. The lowest BCUT2D eigenvalue weighted by atomic mass is 10.1. The fourth-order valence-electron chi connectivity index (χ4n) is 2.06. The number of benzene rings is 1. The van der Waals surface area contributed by atoms with Crippen molar-refractivity contribution in [3.8, 4) is 5.75 Å². The highest BCUT2D eigenvalue weighted by atomic mass is 35.5. The van der Waals surface area contributed by atoms with E-state index in [4.69, 9.17) is 21.4 Å². The summed E-state index contributed by atoms with van der Waals surface area (Å²) in [5, 5.41) is 10.3. The molecule has 0 radical (unpaired) electrons. The molecule has 100 valence electrons. The molecule has 0 unspecified atom stereocenters. The summed E-state index contributed by atoms with van der Waals surface area (Å²) in [7, 11) is 3.41. The van der Waals surface area contributed by atoms with Crippen molar-refractivity contribution >= 4 is 34.5 Å². The van der Waals surface area contributed by atoms with Crippen LogP contribution in [0.15, 0.2) is 23.8 Å². The first-order valence-corrected chi connectivity index (χ1v) is 6.07. The second-order valence-electron chi connectivity index (χ2n) is 4.25. The topological polar surface area (TPSA) is 51.5 Å². The number of aryl methyl sites for hydroxylation is 1. The largest absolute Gasteiger partial charge is 0.495 e. The van der Waals surface area contributed by atoms with E-state index in [1.165, 1.54) is 6.92 Å². The van der Waals surface area contributed by atoms with Crippen molar-refractivity contribution in [1.82, 2.24) is 4.57 Å². The van der Waals surface area contributed by atoms with Gasteiger partial charge in [-0.15, -0.1) is 0 Å². The Balaban J connectivity index is 2.80. The Kier molecular flexibility index (Phi) is 3.53. The molecule has 2 aromatic rings. The highest BCUT2D eigenvalue weighted by Gasteiger charge is 2.16.